The van der Waals surface area contributed by atoms with Crippen LogP contribution in [0.3, 0.4) is 0 Å². The number of hydrogen-bond donors (Lipinski definition) is 1. The molecule has 1 aliphatic rings. The summed E-state index contributed by atoms with van der Waals surface area (Å²) in [6, 6.07) is 0. The van der Waals surface area contributed by atoms with Crippen molar-refractivity contribution in [3.63, 3.8) is 0 Å². The van der Waals surface area contributed by atoms with Crippen LogP contribution < -0.4 is 0 Å². The molecule has 1 aliphatic heterocycles. The van der Waals surface area contributed by atoms with Gasteiger partial charge in [0.25, 0.3) is 0 Å². The number of hydrogen-bond acceptors (Lipinski definition) is 2. The van der Waals surface area contributed by atoms with Gasteiger partial charge in [0.15, 0.2) is 0 Å². The van der Waals surface area contributed by atoms with E-state index < -0.39 is 5.97 Å². The maximum absolute atomic E-state index is 10.3. The van der Waals surface area contributed by atoms with Crippen LogP contribution in [0.5, 0.6) is 0 Å². The molecule has 0 spiro atoms. The van der Waals surface area contributed by atoms with E-state index in [0.717, 1.165) is 13.0 Å². The Morgan fingerprint density at radius 3 is 3.00 bits per heavy atom. The molecule has 0 aromatic rings. The minimum atomic E-state index is -0.664. The number of rotatable bonds is 3. The predicted octanol–water partition coefficient (Wildman–Crippen LogP) is 1.19. The third kappa shape index (κ3) is 3.22. The molecular weight excluding hydrogens is 154 g/mol. The Morgan fingerprint density at radius 2 is 2.42 bits per heavy atom. The van der Waals surface area contributed by atoms with Gasteiger partial charge in [0.05, 0.1) is 0 Å². The molecule has 0 aliphatic carbocycles. The second-order valence-electron chi connectivity index (χ2n) is 3.70. The van der Waals surface area contributed by atoms with Crippen molar-refractivity contribution in [2.24, 2.45) is 5.92 Å². The molecule has 70 valence electrons. The number of nitrogens with zero attached hydrogens (tertiary/aromatic N) is 1. The van der Waals surface area contributed by atoms with Crippen molar-refractivity contribution in [2.75, 3.05) is 20.1 Å². The largest absolute Gasteiger partial charge is 0.481 e. The average Bonchev–Trinajstić information content (AvgIpc) is 2.01. The van der Waals surface area contributed by atoms with Gasteiger partial charge >= 0.3 is 5.97 Å². The lowest BCUT2D eigenvalue weighted by Crippen LogP contribution is -2.32. The van der Waals surface area contributed by atoms with Gasteiger partial charge in [0.1, 0.15) is 0 Å². The molecule has 0 unspecified atom stereocenters. The average molecular weight is 171 g/mol. The van der Waals surface area contributed by atoms with Gasteiger partial charge in [-0.2, -0.15) is 0 Å². The fraction of sp³-hybridized carbons (Fsp3) is 0.889. The first-order valence-electron chi connectivity index (χ1n) is 4.59. The fourth-order valence-electron chi connectivity index (χ4n) is 1.84. The quantitative estimate of drug-likeness (QED) is 0.693. The molecule has 1 saturated heterocycles. The van der Waals surface area contributed by atoms with E-state index in [4.69, 9.17) is 5.11 Å². The number of carboxylic acids is 1. The Kier molecular flexibility index (Phi) is 3.53. The van der Waals surface area contributed by atoms with Gasteiger partial charge in [0, 0.05) is 13.0 Å². The fourth-order valence-corrected chi connectivity index (χ4v) is 1.84. The summed E-state index contributed by atoms with van der Waals surface area (Å²) in [6.45, 7) is 2.25. The molecular formula is C9H17NO2. The molecule has 3 nitrogen and oxygen atoms in total. The SMILES string of the molecule is CN1CCC[C@@H](CCC(=O)O)C1. The van der Waals surface area contributed by atoms with Crippen molar-refractivity contribution in [1.29, 1.82) is 0 Å². The van der Waals surface area contributed by atoms with E-state index in [9.17, 15) is 4.79 Å². The van der Waals surface area contributed by atoms with E-state index in [1.165, 1.54) is 19.4 Å². The minimum Gasteiger partial charge on any atom is -0.481 e. The molecule has 0 aromatic heterocycles. The van der Waals surface area contributed by atoms with Crippen molar-refractivity contribution < 1.29 is 9.90 Å². The van der Waals surface area contributed by atoms with Crippen LogP contribution in [-0.4, -0.2) is 36.1 Å². The molecule has 0 bridgehead atoms. The summed E-state index contributed by atoms with van der Waals surface area (Å²) >= 11 is 0. The molecule has 1 heterocycles. The van der Waals surface area contributed by atoms with Crippen molar-refractivity contribution in [2.45, 2.75) is 25.7 Å². The highest BCUT2D eigenvalue weighted by Crippen LogP contribution is 2.19. The number of aliphatic carboxylic acids is 1. The van der Waals surface area contributed by atoms with Crippen molar-refractivity contribution in [1.82, 2.24) is 4.90 Å². The van der Waals surface area contributed by atoms with Gasteiger partial charge in [-0.05, 0) is 38.8 Å². The molecule has 0 amide bonds. The Labute approximate surface area is 73.4 Å². The van der Waals surface area contributed by atoms with Crippen LogP contribution in [0.1, 0.15) is 25.7 Å². The minimum absolute atomic E-state index is 0.332. The van der Waals surface area contributed by atoms with E-state index >= 15 is 0 Å². The van der Waals surface area contributed by atoms with Gasteiger partial charge in [-0.3, -0.25) is 4.79 Å². The van der Waals surface area contributed by atoms with Crippen LogP contribution in [0.4, 0.5) is 0 Å². The molecule has 1 atom stereocenters. The summed E-state index contributed by atoms with van der Waals surface area (Å²) in [5.74, 6) is -0.0527. The molecule has 0 saturated carbocycles. The third-order valence-corrected chi connectivity index (χ3v) is 2.49. The van der Waals surface area contributed by atoms with E-state index in [1.54, 1.807) is 0 Å². The summed E-state index contributed by atoms with van der Waals surface area (Å²) in [6.07, 6.45) is 3.61. The zero-order valence-corrected chi connectivity index (χ0v) is 7.62. The Balaban J connectivity index is 2.18. The summed E-state index contributed by atoms with van der Waals surface area (Å²) < 4.78 is 0. The molecule has 1 fully saturated rings. The van der Waals surface area contributed by atoms with E-state index in [-0.39, 0.29) is 0 Å². The van der Waals surface area contributed by atoms with Crippen LogP contribution in [0.15, 0.2) is 0 Å². The summed E-state index contributed by atoms with van der Waals surface area (Å²) in [7, 11) is 2.10. The lowest BCUT2D eigenvalue weighted by Gasteiger charge is -2.29. The maximum atomic E-state index is 10.3. The second kappa shape index (κ2) is 4.45. The Morgan fingerprint density at radius 1 is 1.67 bits per heavy atom. The normalized spacial score (nSPS) is 25.6. The number of carboxylic acid groups (broad SMARTS) is 1. The van der Waals surface area contributed by atoms with Crippen molar-refractivity contribution in [3.8, 4) is 0 Å². The maximum Gasteiger partial charge on any atom is 0.303 e. The van der Waals surface area contributed by atoms with E-state index in [2.05, 4.69) is 11.9 Å². The van der Waals surface area contributed by atoms with Gasteiger partial charge < -0.3 is 10.0 Å². The first-order valence-corrected chi connectivity index (χ1v) is 4.59. The lowest BCUT2D eigenvalue weighted by molar-refractivity contribution is -0.137. The standard InChI is InChI=1S/C9H17NO2/c1-10-6-2-3-8(7-10)4-5-9(11)12/h8H,2-7H2,1H3,(H,11,12)/t8-/m0/s1. The van der Waals surface area contributed by atoms with Crippen LogP contribution in [-0.2, 0) is 4.79 Å². The topological polar surface area (TPSA) is 40.5 Å². The first-order chi connectivity index (χ1) is 5.68. The summed E-state index contributed by atoms with van der Waals surface area (Å²) in [4.78, 5) is 12.6. The van der Waals surface area contributed by atoms with Crippen LogP contribution in [0.2, 0.25) is 0 Å². The molecule has 12 heavy (non-hydrogen) atoms. The monoisotopic (exact) mass is 171 g/mol. The van der Waals surface area contributed by atoms with Gasteiger partial charge in [-0.25, -0.2) is 0 Å². The third-order valence-electron chi connectivity index (χ3n) is 2.49. The first kappa shape index (κ1) is 9.52. The molecule has 1 N–H and O–H groups in total. The van der Waals surface area contributed by atoms with E-state index in [1.807, 2.05) is 0 Å². The van der Waals surface area contributed by atoms with Crippen LogP contribution in [0, 0.1) is 5.92 Å². The smallest absolute Gasteiger partial charge is 0.303 e. The summed E-state index contributed by atoms with van der Waals surface area (Å²) in [5, 5.41) is 8.50. The molecule has 3 heteroatoms. The highest BCUT2D eigenvalue weighted by Gasteiger charge is 2.17. The predicted molar refractivity (Wildman–Crippen MR) is 47.1 cm³/mol. The highest BCUT2D eigenvalue weighted by atomic mass is 16.4. The number of piperidine rings is 1. The van der Waals surface area contributed by atoms with Crippen LogP contribution in [0.25, 0.3) is 0 Å². The molecule has 1 rings (SSSR count). The van der Waals surface area contributed by atoms with Gasteiger partial charge in [0.2, 0.25) is 0 Å². The zero-order chi connectivity index (χ0) is 8.97. The van der Waals surface area contributed by atoms with Crippen LogP contribution >= 0.6 is 0 Å². The Bertz CT molecular complexity index is 159. The number of carbonyl (C=O) groups is 1. The number of likely N-dealkylation sites (tertiary alicyclic amines) is 1. The zero-order valence-electron chi connectivity index (χ0n) is 7.62. The van der Waals surface area contributed by atoms with E-state index in [0.29, 0.717) is 12.3 Å². The lowest BCUT2D eigenvalue weighted by atomic mass is 9.94. The van der Waals surface area contributed by atoms with Gasteiger partial charge in [-0.15, -0.1) is 0 Å². The van der Waals surface area contributed by atoms with Gasteiger partial charge in [-0.1, -0.05) is 0 Å². The van der Waals surface area contributed by atoms with Crippen molar-refractivity contribution in [3.05, 3.63) is 0 Å². The summed E-state index contributed by atoms with van der Waals surface area (Å²) in [5.41, 5.74) is 0. The highest BCUT2D eigenvalue weighted by molar-refractivity contribution is 5.66. The molecule has 0 radical (unpaired) electrons. The second-order valence-corrected chi connectivity index (χ2v) is 3.70. The van der Waals surface area contributed by atoms with Crippen molar-refractivity contribution >= 4 is 5.97 Å². The Hall–Kier alpha value is -0.570. The molecule has 0 aromatic carbocycles.